The first-order valence-electron chi connectivity index (χ1n) is 10.5. The molecule has 0 unspecified atom stereocenters. The predicted molar refractivity (Wildman–Crippen MR) is 123 cm³/mol. The summed E-state index contributed by atoms with van der Waals surface area (Å²) in [7, 11) is 0. The second kappa shape index (κ2) is 9.35. The number of benzene rings is 2. The van der Waals surface area contributed by atoms with E-state index in [1.807, 2.05) is 37.3 Å². The van der Waals surface area contributed by atoms with Gasteiger partial charge in [-0.25, -0.2) is 0 Å². The minimum absolute atomic E-state index is 0.0188. The van der Waals surface area contributed by atoms with Crippen LogP contribution in [-0.4, -0.2) is 28.8 Å². The Balaban J connectivity index is 1.40. The van der Waals surface area contributed by atoms with E-state index in [2.05, 4.69) is 15.3 Å². The van der Waals surface area contributed by atoms with Gasteiger partial charge in [0.05, 0.1) is 11.7 Å². The van der Waals surface area contributed by atoms with Gasteiger partial charge in [-0.1, -0.05) is 48.0 Å². The number of rotatable bonds is 5. The number of hydrogen-bond donors (Lipinski definition) is 1. The van der Waals surface area contributed by atoms with Crippen molar-refractivity contribution < 1.29 is 4.79 Å². The zero-order valence-electron chi connectivity index (χ0n) is 17.4. The molecule has 31 heavy (non-hydrogen) atoms. The molecule has 1 aliphatic rings. The highest BCUT2D eigenvalue weighted by molar-refractivity contribution is 6.30. The lowest BCUT2D eigenvalue weighted by atomic mass is 9.95. The maximum Gasteiger partial charge on any atom is 0.271 e. The second-order valence-electron chi connectivity index (χ2n) is 7.82. The summed E-state index contributed by atoms with van der Waals surface area (Å²) in [6.45, 7) is 3.42. The molecule has 160 valence electrons. The third kappa shape index (κ3) is 4.97. The number of aromatic nitrogens is 2. The Morgan fingerprint density at radius 3 is 2.52 bits per heavy atom. The van der Waals surface area contributed by atoms with Crippen molar-refractivity contribution in [3.63, 3.8) is 0 Å². The summed E-state index contributed by atoms with van der Waals surface area (Å²) >= 11 is 6.06. The number of nitrogens with one attached hydrogen (secondary N) is 1. The highest BCUT2D eigenvalue weighted by Gasteiger charge is 2.27. The molecule has 0 spiro atoms. The highest BCUT2D eigenvalue weighted by Crippen LogP contribution is 2.23. The van der Waals surface area contributed by atoms with Crippen molar-refractivity contribution in [1.82, 2.24) is 15.1 Å². The topological polar surface area (TPSA) is 67.2 Å². The Morgan fingerprint density at radius 1 is 1.06 bits per heavy atom. The van der Waals surface area contributed by atoms with Gasteiger partial charge in [0.1, 0.15) is 5.82 Å². The Labute approximate surface area is 186 Å². The highest BCUT2D eigenvalue weighted by atomic mass is 35.5. The number of nitrogens with zero attached hydrogens (tertiary/aromatic N) is 3. The van der Waals surface area contributed by atoms with E-state index in [1.54, 1.807) is 30.3 Å². The number of carbonyl (C=O) groups is 1. The molecule has 0 aliphatic carbocycles. The molecule has 1 saturated heterocycles. The normalized spacial score (nSPS) is 15.5. The van der Waals surface area contributed by atoms with E-state index >= 15 is 0 Å². The predicted octanol–water partition coefficient (Wildman–Crippen LogP) is 3.98. The monoisotopic (exact) mass is 436 g/mol. The van der Waals surface area contributed by atoms with Gasteiger partial charge in [0.15, 0.2) is 0 Å². The van der Waals surface area contributed by atoms with Crippen LogP contribution in [-0.2, 0) is 4.79 Å². The standard InChI is InChI=1S/C24H25ClN4O2/c1-17(18-6-3-2-4-7-18)26-24(31)19-12-14-28(15-13-19)22-10-11-23(30)29(27-22)21-9-5-8-20(25)16-21/h2-11,16-17,19H,12-15H2,1H3,(H,26,31)/t17-/m0/s1. The van der Waals surface area contributed by atoms with Gasteiger partial charge in [0, 0.05) is 30.1 Å². The molecule has 1 N–H and O–H groups in total. The van der Waals surface area contributed by atoms with Crippen molar-refractivity contribution in [3.05, 3.63) is 87.7 Å². The molecule has 1 atom stereocenters. The Bertz CT molecular complexity index is 1110. The van der Waals surface area contributed by atoms with Gasteiger partial charge in [0.25, 0.3) is 5.56 Å². The number of piperidine rings is 1. The van der Waals surface area contributed by atoms with Crippen molar-refractivity contribution in [2.24, 2.45) is 5.92 Å². The molecule has 6 nitrogen and oxygen atoms in total. The third-order valence-electron chi connectivity index (χ3n) is 5.69. The van der Waals surface area contributed by atoms with Crippen molar-refractivity contribution >= 4 is 23.3 Å². The van der Waals surface area contributed by atoms with Gasteiger partial charge in [-0.15, -0.1) is 5.10 Å². The van der Waals surface area contributed by atoms with Gasteiger partial charge in [-0.05, 0) is 49.6 Å². The summed E-state index contributed by atoms with van der Waals surface area (Å²) < 4.78 is 1.36. The summed E-state index contributed by atoms with van der Waals surface area (Å²) in [6.07, 6.45) is 1.48. The molecule has 1 aromatic heterocycles. The van der Waals surface area contributed by atoms with Crippen LogP contribution in [0.3, 0.4) is 0 Å². The molecule has 1 amide bonds. The van der Waals surface area contributed by atoms with Crippen LogP contribution in [0.2, 0.25) is 5.02 Å². The average Bonchev–Trinajstić information content (AvgIpc) is 2.80. The smallest absolute Gasteiger partial charge is 0.271 e. The summed E-state index contributed by atoms with van der Waals surface area (Å²) in [5.74, 6) is 0.783. The molecular formula is C24H25ClN4O2. The molecule has 0 bridgehead atoms. The van der Waals surface area contributed by atoms with Crippen LogP contribution in [0.4, 0.5) is 5.82 Å². The number of hydrogen-bond acceptors (Lipinski definition) is 4. The van der Waals surface area contributed by atoms with E-state index in [0.29, 0.717) is 23.8 Å². The van der Waals surface area contributed by atoms with Crippen molar-refractivity contribution in [2.75, 3.05) is 18.0 Å². The van der Waals surface area contributed by atoms with Crippen LogP contribution in [0.15, 0.2) is 71.5 Å². The average molecular weight is 437 g/mol. The maximum atomic E-state index is 12.7. The van der Waals surface area contributed by atoms with Gasteiger partial charge >= 0.3 is 0 Å². The fraction of sp³-hybridized carbons (Fsp3) is 0.292. The maximum absolute atomic E-state index is 12.7. The molecule has 0 saturated carbocycles. The van der Waals surface area contributed by atoms with Gasteiger partial charge in [-0.3, -0.25) is 9.59 Å². The van der Waals surface area contributed by atoms with Crippen LogP contribution >= 0.6 is 11.6 Å². The van der Waals surface area contributed by atoms with Crippen LogP contribution in [0.5, 0.6) is 0 Å². The first kappa shape index (κ1) is 21.1. The van der Waals surface area contributed by atoms with Crippen LogP contribution in [0, 0.1) is 5.92 Å². The van der Waals surface area contributed by atoms with Crippen LogP contribution in [0.1, 0.15) is 31.4 Å². The van der Waals surface area contributed by atoms with E-state index in [0.717, 1.165) is 24.2 Å². The van der Waals surface area contributed by atoms with Crippen molar-refractivity contribution in [3.8, 4) is 5.69 Å². The molecule has 4 rings (SSSR count). The summed E-state index contributed by atoms with van der Waals surface area (Å²) in [5.41, 5.74) is 1.51. The Morgan fingerprint density at radius 2 is 1.81 bits per heavy atom. The molecule has 0 radical (unpaired) electrons. The van der Waals surface area contributed by atoms with Gasteiger partial charge in [0.2, 0.25) is 5.91 Å². The van der Waals surface area contributed by atoms with Crippen molar-refractivity contribution in [2.45, 2.75) is 25.8 Å². The third-order valence-corrected chi connectivity index (χ3v) is 5.92. The van der Waals surface area contributed by atoms with E-state index in [-0.39, 0.29) is 23.4 Å². The van der Waals surface area contributed by atoms with Gasteiger partial charge in [-0.2, -0.15) is 4.68 Å². The minimum atomic E-state index is -0.213. The van der Waals surface area contributed by atoms with Crippen LogP contribution in [0.25, 0.3) is 5.69 Å². The number of amides is 1. The molecule has 2 heterocycles. The van der Waals surface area contributed by atoms with E-state index in [9.17, 15) is 9.59 Å². The number of halogens is 1. The Hall–Kier alpha value is -3.12. The fourth-order valence-corrected chi connectivity index (χ4v) is 4.07. The molecule has 1 aliphatic heterocycles. The molecule has 7 heteroatoms. The Kier molecular flexibility index (Phi) is 6.37. The lowest BCUT2D eigenvalue weighted by Gasteiger charge is -2.32. The quantitative estimate of drug-likeness (QED) is 0.657. The minimum Gasteiger partial charge on any atom is -0.355 e. The summed E-state index contributed by atoms with van der Waals surface area (Å²) in [4.78, 5) is 27.2. The van der Waals surface area contributed by atoms with Gasteiger partial charge < -0.3 is 10.2 Å². The van der Waals surface area contributed by atoms with Crippen molar-refractivity contribution in [1.29, 1.82) is 0 Å². The first-order valence-corrected chi connectivity index (χ1v) is 10.9. The zero-order valence-corrected chi connectivity index (χ0v) is 18.1. The summed E-state index contributed by atoms with van der Waals surface area (Å²) in [6, 6.07) is 20.3. The zero-order chi connectivity index (χ0) is 21.8. The molecule has 1 fully saturated rings. The SMILES string of the molecule is C[C@H](NC(=O)C1CCN(c2ccc(=O)n(-c3cccc(Cl)c3)n2)CC1)c1ccccc1. The van der Waals surface area contributed by atoms with E-state index < -0.39 is 0 Å². The molecule has 3 aromatic rings. The lowest BCUT2D eigenvalue weighted by molar-refractivity contribution is -0.126. The lowest BCUT2D eigenvalue weighted by Crippen LogP contribution is -2.42. The first-order chi connectivity index (χ1) is 15.0. The number of carbonyl (C=O) groups excluding carboxylic acids is 1. The van der Waals surface area contributed by atoms with E-state index in [4.69, 9.17) is 11.6 Å². The summed E-state index contributed by atoms with van der Waals surface area (Å²) in [5, 5.41) is 8.22. The fourth-order valence-electron chi connectivity index (χ4n) is 3.89. The molecular weight excluding hydrogens is 412 g/mol. The largest absolute Gasteiger partial charge is 0.355 e. The number of anilines is 1. The van der Waals surface area contributed by atoms with Crippen LogP contribution < -0.4 is 15.8 Å². The second-order valence-corrected chi connectivity index (χ2v) is 8.26. The van der Waals surface area contributed by atoms with E-state index in [1.165, 1.54) is 10.7 Å². The molecule has 2 aromatic carbocycles.